The summed E-state index contributed by atoms with van der Waals surface area (Å²) in [6.45, 7) is 4.78. The van der Waals surface area contributed by atoms with Gasteiger partial charge in [0.05, 0.1) is 18.3 Å². The Balaban J connectivity index is 2.39. The van der Waals surface area contributed by atoms with Gasteiger partial charge >= 0.3 is 0 Å². The van der Waals surface area contributed by atoms with Gasteiger partial charge in [0.1, 0.15) is 11.8 Å². The van der Waals surface area contributed by atoms with Crippen molar-refractivity contribution in [2.24, 2.45) is 0 Å². The number of carbonyl (C=O) groups excluding carboxylic acids is 1. The fraction of sp³-hybridized carbons (Fsp3) is 0.417. The molecule has 1 aromatic heterocycles. The highest BCUT2D eigenvalue weighted by molar-refractivity contribution is 5.92. The van der Waals surface area contributed by atoms with Crippen molar-refractivity contribution in [3.63, 3.8) is 0 Å². The van der Waals surface area contributed by atoms with Gasteiger partial charge in [-0.1, -0.05) is 0 Å². The van der Waals surface area contributed by atoms with Crippen LogP contribution in [0.15, 0.2) is 18.3 Å². The molecule has 0 aromatic carbocycles. The van der Waals surface area contributed by atoms with Gasteiger partial charge in [-0.25, -0.2) is 4.98 Å². The molecule has 0 atom stereocenters. The molecule has 0 aliphatic carbocycles. The van der Waals surface area contributed by atoms with Crippen molar-refractivity contribution in [3.05, 3.63) is 29.6 Å². The number of aromatic nitrogens is 1. The summed E-state index contributed by atoms with van der Waals surface area (Å²) in [7, 11) is 0. The summed E-state index contributed by atoms with van der Waals surface area (Å²) in [5.41, 5.74) is 0.734. The lowest BCUT2D eigenvalue weighted by Gasteiger charge is -2.08. The van der Waals surface area contributed by atoms with Crippen LogP contribution in [0.3, 0.4) is 0 Å². The molecule has 0 unspecified atom stereocenters. The van der Waals surface area contributed by atoms with Crippen LogP contribution < -0.4 is 5.32 Å². The van der Waals surface area contributed by atoms with Crippen LogP contribution in [0, 0.1) is 11.3 Å². The quantitative estimate of drug-likeness (QED) is 0.773. The van der Waals surface area contributed by atoms with E-state index in [0.717, 1.165) is 0 Å². The maximum atomic E-state index is 11.6. The molecule has 1 N–H and O–H groups in total. The van der Waals surface area contributed by atoms with E-state index in [9.17, 15) is 4.79 Å². The molecule has 0 saturated carbocycles. The summed E-state index contributed by atoms with van der Waals surface area (Å²) >= 11 is 0. The van der Waals surface area contributed by atoms with Crippen molar-refractivity contribution in [2.45, 2.75) is 20.0 Å². The van der Waals surface area contributed by atoms with E-state index in [-0.39, 0.29) is 12.0 Å². The molecule has 90 valence electrons. The number of nitrogens with zero attached hydrogens (tertiary/aromatic N) is 2. The largest absolute Gasteiger partial charge is 0.377 e. The van der Waals surface area contributed by atoms with Gasteiger partial charge in [0.2, 0.25) is 0 Å². The summed E-state index contributed by atoms with van der Waals surface area (Å²) in [6, 6.07) is 5.03. The van der Waals surface area contributed by atoms with Crippen molar-refractivity contribution in [3.8, 4) is 6.07 Å². The van der Waals surface area contributed by atoms with Crippen molar-refractivity contribution in [1.82, 2.24) is 10.3 Å². The smallest absolute Gasteiger partial charge is 0.269 e. The third-order valence-electron chi connectivity index (χ3n) is 1.96. The first-order valence-electron chi connectivity index (χ1n) is 5.39. The number of nitrogens with one attached hydrogen (secondary N) is 1. The Labute approximate surface area is 100 Å². The molecule has 1 rings (SSSR count). The van der Waals surface area contributed by atoms with Gasteiger partial charge < -0.3 is 10.1 Å². The molecular weight excluding hydrogens is 218 g/mol. The Hall–Kier alpha value is -1.93. The second-order valence-corrected chi connectivity index (χ2v) is 3.72. The number of pyridine rings is 1. The number of hydrogen-bond acceptors (Lipinski definition) is 4. The van der Waals surface area contributed by atoms with Crippen LogP contribution in [0.1, 0.15) is 29.9 Å². The van der Waals surface area contributed by atoms with Crippen LogP contribution in [0.25, 0.3) is 0 Å². The average Bonchev–Trinajstić information content (AvgIpc) is 2.34. The van der Waals surface area contributed by atoms with Crippen LogP contribution in [0.2, 0.25) is 0 Å². The van der Waals surface area contributed by atoms with Crippen molar-refractivity contribution >= 4 is 5.91 Å². The molecule has 0 bridgehead atoms. The summed E-state index contributed by atoms with van der Waals surface area (Å²) in [4.78, 5) is 15.5. The number of rotatable bonds is 5. The lowest BCUT2D eigenvalue weighted by molar-refractivity contribution is 0.0745. The predicted molar refractivity (Wildman–Crippen MR) is 62.4 cm³/mol. The summed E-state index contributed by atoms with van der Waals surface area (Å²) in [5.74, 6) is -0.262. The van der Waals surface area contributed by atoms with E-state index in [2.05, 4.69) is 10.3 Å². The minimum Gasteiger partial charge on any atom is -0.377 e. The zero-order valence-electron chi connectivity index (χ0n) is 9.93. The molecule has 1 aromatic rings. The minimum atomic E-state index is -0.262. The van der Waals surface area contributed by atoms with Crippen molar-refractivity contribution in [1.29, 1.82) is 5.26 Å². The highest BCUT2D eigenvalue weighted by atomic mass is 16.5. The average molecular weight is 233 g/mol. The van der Waals surface area contributed by atoms with E-state index in [4.69, 9.17) is 10.00 Å². The second kappa shape index (κ2) is 6.61. The fourth-order valence-corrected chi connectivity index (χ4v) is 1.14. The normalized spacial score (nSPS) is 10.0. The SMILES string of the molecule is CC(C)OCCNC(=O)c1ccc(C#N)cn1. The van der Waals surface area contributed by atoms with Gasteiger partial charge in [-0.3, -0.25) is 4.79 Å². The van der Waals surface area contributed by atoms with Gasteiger partial charge in [-0.2, -0.15) is 5.26 Å². The summed E-state index contributed by atoms with van der Waals surface area (Å²) < 4.78 is 5.29. The van der Waals surface area contributed by atoms with Crippen molar-refractivity contribution in [2.75, 3.05) is 13.2 Å². The molecule has 5 heteroatoms. The molecule has 5 nitrogen and oxygen atoms in total. The van der Waals surface area contributed by atoms with E-state index in [0.29, 0.717) is 24.4 Å². The maximum Gasteiger partial charge on any atom is 0.269 e. The highest BCUT2D eigenvalue weighted by Crippen LogP contribution is 1.98. The lowest BCUT2D eigenvalue weighted by atomic mass is 10.2. The Bertz CT molecular complexity index is 407. The Morgan fingerprint density at radius 3 is 2.88 bits per heavy atom. The van der Waals surface area contributed by atoms with E-state index in [1.165, 1.54) is 12.3 Å². The first kappa shape index (κ1) is 13.1. The van der Waals surface area contributed by atoms with E-state index in [1.54, 1.807) is 6.07 Å². The molecular formula is C12H15N3O2. The number of hydrogen-bond donors (Lipinski definition) is 1. The number of ether oxygens (including phenoxy) is 1. The van der Waals surface area contributed by atoms with Gasteiger partial charge in [0.15, 0.2) is 0 Å². The van der Waals surface area contributed by atoms with Crippen LogP contribution in [-0.4, -0.2) is 30.1 Å². The predicted octanol–water partition coefficient (Wildman–Crippen LogP) is 1.11. The lowest BCUT2D eigenvalue weighted by Crippen LogP contribution is -2.28. The van der Waals surface area contributed by atoms with Crippen LogP contribution in [-0.2, 0) is 4.74 Å². The third kappa shape index (κ3) is 4.62. The Kier molecular flexibility index (Phi) is 5.11. The zero-order valence-corrected chi connectivity index (χ0v) is 9.93. The fourth-order valence-electron chi connectivity index (χ4n) is 1.14. The Morgan fingerprint density at radius 1 is 1.59 bits per heavy atom. The van der Waals surface area contributed by atoms with E-state index < -0.39 is 0 Å². The monoisotopic (exact) mass is 233 g/mol. The number of amides is 1. The van der Waals surface area contributed by atoms with E-state index >= 15 is 0 Å². The molecule has 0 spiro atoms. The number of nitriles is 1. The summed E-state index contributed by atoms with van der Waals surface area (Å²) in [5, 5.41) is 11.3. The first-order valence-corrected chi connectivity index (χ1v) is 5.39. The van der Waals surface area contributed by atoms with E-state index in [1.807, 2.05) is 19.9 Å². The minimum absolute atomic E-state index is 0.153. The second-order valence-electron chi connectivity index (χ2n) is 3.72. The van der Waals surface area contributed by atoms with Crippen LogP contribution in [0.4, 0.5) is 0 Å². The molecule has 0 aliphatic rings. The highest BCUT2D eigenvalue weighted by Gasteiger charge is 2.06. The molecule has 17 heavy (non-hydrogen) atoms. The Morgan fingerprint density at radius 2 is 2.35 bits per heavy atom. The number of carbonyl (C=O) groups is 1. The third-order valence-corrected chi connectivity index (χ3v) is 1.96. The first-order chi connectivity index (χ1) is 8.13. The standard InChI is InChI=1S/C12H15N3O2/c1-9(2)17-6-5-14-12(16)11-4-3-10(7-13)8-15-11/h3-4,8-9H,5-6H2,1-2H3,(H,14,16). The van der Waals surface area contributed by atoms with Gasteiger partial charge in [0.25, 0.3) is 5.91 Å². The van der Waals surface area contributed by atoms with Crippen LogP contribution in [0.5, 0.6) is 0 Å². The molecule has 0 aliphatic heterocycles. The zero-order chi connectivity index (χ0) is 12.7. The van der Waals surface area contributed by atoms with Gasteiger partial charge in [-0.05, 0) is 26.0 Å². The van der Waals surface area contributed by atoms with Gasteiger partial charge in [-0.15, -0.1) is 0 Å². The molecule has 0 radical (unpaired) electrons. The maximum absolute atomic E-state index is 11.6. The molecule has 0 saturated heterocycles. The van der Waals surface area contributed by atoms with Crippen LogP contribution >= 0.6 is 0 Å². The molecule has 1 amide bonds. The molecule has 0 fully saturated rings. The van der Waals surface area contributed by atoms with Gasteiger partial charge in [0, 0.05) is 12.7 Å². The summed E-state index contributed by atoms with van der Waals surface area (Å²) in [6.07, 6.45) is 1.53. The van der Waals surface area contributed by atoms with Crippen molar-refractivity contribution < 1.29 is 9.53 Å². The topological polar surface area (TPSA) is 75.0 Å². The molecule has 1 heterocycles.